The van der Waals surface area contributed by atoms with Gasteiger partial charge in [-0.05, 0) is 53.7 Å². The van der Waals surface area contributed by atoms with Crippen LogP contribution < -0.4 is 15.0 Å². The summed E-state index contributed by atoms with van der Waals surface area (Å²) >= 11 is 3.62. The summed E-state index contributed by atoms with van der Waals surface area (Å²) < 4.78 is 13.2. The third-order valence-corrected chi connectivity index (χ3v) is 6.86. The number of benzene rings is 2. The third kappa shape index (κ3) is 5.69. The molecule has 0 radical (unpaired) electrons. The summed E-state index contributed by atoms with van der Waals surface area (Å²) in [6.07, 6.45) is 2.05. The van der Waals surface area contributed by atoms with Gasteiger partial charge in [0, 0.05) is 25.1 Å². The lowest BCUT2D eigenvalue weighted by Gasteiger charge is -2.31. The summed E-state index contributed by atoms with van der Waals surface area (Å²) in [4.78, 5) is 33.9. The van der Waals surface area contributed by atoms with Crippen LogP contribution in [0.15, 0.2) is 45.7 Å². The van der Waals surface area contributed by atoms with Crippen LogP contribution in [0, 0.1) is 5.92 Å². The molecule has 0 spiro atoms. The van der Waals surface area contributed by atoms with Gasteiger partial charge in [-0.25, -0.2) is 4.98 Å². The van der Waals surface area contributed by atoms with E-state index in [0.29, 0.717) is 57.3 Å². The first-order valence-electron chi connectivity index (χ1n) is 12.0. The van der Waals surface area contributed by atoms with Gasteiger partial charge in [0.25, 0.3) is 5.56 Å². The fourth-order valence-corrected chi connectivity index (χ4v) is 4.65. The molecule has 0 aliphatic heterocycles. The number of rotatable bonds is 10. The number of amides is 1. The van der Waals surface area contributed by atoms with Gasteiger partial charge >= 0.3 is 0 Å². The lowest BCUT2D eigenvalue weighted by Crippen LogP contribution is -2.38. The minimum atomic E-state index is -0.436. The second kappa shape index (κ2) is 11.7. The van der Waals surface area contributed by atoms with Crippen molar-refractivity contribution < 1.29 is 14.3 Å². The Bertz CT molecular complexity index is 1260. The lowest BCUT2D eigenvalue weighted by atomic mass is 10.1. The van der Waals surface area contributed by atoms with Crippen molar-refractivity contribution in [3.05, 3.63) is 57.0 Å². The van der Waals surface area contributed by atoms with E-state index in [2.05, 4.69) is 29.8 Å². The zero-order chi connectivity index (χ0) is 25.7. The maximum absolute atomic E-state index is 13.9. The van der Waals surface area contributed by atoms with Gasteiger partial charge in [0.15, 0.2) is 0 Å². The van der Waals surface area contributed by atoms with E-state index in [-0.39, 0.29) is 11.5 Å². The predicted octanol–water partition coefficient (Wildman–Crippen LogP) is 5.90. The molecule has 35 heavy (non-hydrogen) atoms. The van der Waals surface area contributed by atoms with Crippen LogP contribution in [0.2, 0.25) is 0 Å². The number of para-hydroxylation sites is 1. The molecule has 2 aromatic carbocycles. The fourth-order valence-electron chi connectivity index (χ4n) is 4.08. The van der Waals surface area contributed by atoms with Crippen molar-refractivity contribution in [3.8, 4) is 17.2 Å². The lowest BCUT2D eigenvalue weighted by molar-refractivity contribution is -0.133. The quantitative estimate of drug-likeness (QED) is 0.318. The molecule has 3 rings (SSSR count). The highest BCUT2D eigenvalue weighted by atomic mass is 79.9. The Hall–Kier alpha value is -2.87. The van der Waals surface area contributed by atoms with Gasteiger partial charge in [0.2, 0.25) is 5.91 Å². The van der Waals surface area contributed by atoms with Crippen LogP contribution in [-0.2, 0) is 4.79 Å². The molecule has 7 nitrogen and oxygen atoms in total. The van der Waals surface area contributed by atoms with Crippen molar-refractivity contribution in [1.82, 2.24) is 14.5 Å². The van der Waals surface area contributed by atoms with E-state index in [1.165, 1.54) is 0 Å². The average Bonchev–Trinajstić information content (AvgIpc) is 2.84. The highest BCUT2D eigenvalue weighted by Crippen LogP contribution is 2.37. The molecule has 8 heteroatoms. The van der Waals surface area contributed by atoms with Gasteiger partial charge in [0.05, 0.1) is 41.3 Å². The van der Waals surface area contributed by atoms with Crippen LogP contribution in [0.25, 0.3) is 16.6 Å². The SMILES string of the molecule is CCCC(=O)N(CCC(C)C)C(C)c1nc2ccccc2c(=O)n1-c1cc(OC)cc(OC)c1Br. The zero-order valence-corrected chi connectivity index (χ0v) is 22.9. The molecule has 0 bridgehead atoms. The minimum absolute atomic E-state index is 0.0527. The Morgan fingerprint density at radius 3 is 2.49 bits per heavy atom. The normalized spacial score (nSPS) is 12.1. The van der Waals surface area contributed by atoms with Crippen LogP contribution in [0.4, 0.5) is 0 Å². The molecule has 1 heterocycles. The Morgan fingerprint density at radius 2 is 1.86 bits per heavy atom. The highest BCUT2D eigenvalue weighted by Gasteiger charge is 2.28. The number of carbonyl (C=O) groups is 1. The van der Waals surface area contributed by atoms with Crippen LogP contribution in [-0.4, -0.2) is 41.1 Å². The Labute approximate surface area is 215 Å². The van der Waals surface area contributed by atoms with Gasteiger partial charge in [-0.3, -0.25) is 14.2 Å². The molecule has 0 saturated heterocycles. The summed E-state index contributed by atoms with van der Waals surface area (Å²) in [7, 11) is 3.12. The van der Waals surface area contributed by atoms with Gasteiger partial charge in [-0.2, -0.15) is 0 Å². The smallest absolute Gasteiger partial charge is 0.266 e. The number of methoxy groups -OCH3 is 2. The molecule has 1 amide bonds. The van der Waals surface area contributed by atoms with E-state index in [1.807, 2.05) is 36.9 Å². The van der Waals surface area contributed by atoms with Crippen LogP contribution >= 0.6 is 15.9 Å². The van der Waals surface area contributed by atoms with Crippen molar-refractivity contribution in [3.63, 3.8) is 0 Å². The van der Waals surface area contributed by atoms with Crippen molar-refractivity contribution in [1.29, 1.82) is 0 Å². The Kier molecular flexibility index (Phi) is 8.94. The van der Waals surface area contributed by atoms with Crippen molar-refractivity contribution in [2.24, 2.45) is 5.92 Å². The van der Waals surface area contributed by atoms with E-state index in [9.17, 15) is 9.59 Å². The summed E-state index contributed by atoms with van der Waals surface area (Å²) in [5.74, 6) is 2.03. The molecule has 1 unspecified atom stereocenters. The van der Waals surface area contributed by atoms with E-state index in [4.69, 9.17) is 14.5 Å². The molecule has 0 aliphatic carbocycles. The second-order valence-corrected chi connectivity index (χ2v) is 9.78. The first kappa shape index (κ1) is 26.7. The molecule has 188 valence electrons. The van der Waals surface area contributed by atoms with Crippen LogP contribution in [0.1, 0.15) is 58.8 Å². The van der Waals surface area contributed by atoms with Gasteiger partial charge < -0.3 is 14.4 Å². The standard InChI is InChI=1S/C27H34BrN3O4/c1-7-10-24(32)30(14-13-17(2)3)18(4)26-29-21-12-9-8-11-20(21)27(33)31(26)22-15-19(34-5)16-23(35-6)25(22)28/h8-9,11-12,15-18H,7,10,13-14H2,1-6H3. The largest absolute Gasteiger partial charge is 0.497 e. The van der Waals surface area contributed by atoms with E-state index < -0.39 is 6.04 Å². The van der Waals surface area contributed by atoms with E-state index in [1.54, 1.807) is 37.0 Å². The number of carbonyl (C=O) groups excluding carboxylic acids is 1. The molecular weight excluding hydrogens is 510 g/mol. The van der Waals surface area contributed by atoms with Crippen LogP contribution in [0.3, 0.4) is 0 Å². The first-order valence-corrected chi connectivity index (χ1v) is 12.8. The Morgan fingerprint density at radius 1 is 1.14 bits per heavy atom. The average molecular weight is 544 g/mol. The second-order valence-electron chi connectivity index (χ2n) is 8.99. The highest BCUT2D eigenvalue weighted by molar-refractivity contribution is 9.10. The van der Waals surface area contributed by atoms with Gasteiger partial charge in [-0.15, -0.1) is 0 Å². The zero-order valence-electron chi connectivity index (χ0n) is 21.3. The molecule has 0 aliphatic rings. The van der Waals surface area contributed by atoms with Crippen molar-refractivity contribution >= 4 is 32.7 Å². The summed E-state index contributed by atoms with van der Waals surface area (Å²) in [5.41, 5.74) is 0.909. The van der Waals surface area contributed by atoms with Crippen molar-refractivity contribution in [2.75, 3.05) is 20.8 Å². The number of aromatic nitrogens is 2. The molecule has 1 aromatic heterocycles. The number of hydrogen-bond donors (Lipinski definition) is 0. The topological polar surface area (TPSA) is 73.7 Å². The summed E-state index contributed by atoms with van der Waals surface area (Å²) in [6.45, 7) is 8.79. The maximum Gasteiger partial charge on any atom is 0.266 e. The summed E-state index contributed by atoms with van der Waals surface area (Å²) in [5, 5.41) is 0.491. The van der Waals surface area contributed by atoms with E-state index in [0.717, 1.165) is 12.8 Å². The number of halogens is 1. The van der Waals surface area contributed by atoms with Gasteiger partial charge in [0.1, 0.15) is 17.3 Å². The van der Waals surface area contributed by atoms with Crippen LogP contribution in [0.5, 0.6) is 11.5 Å². The predicted molar refractivity (Wildman–Crippen MR) is 143 cm³/mol. The number of fused-ring (bicyclic) bond motifs is 1. The summed E-state index contributed by atoms with van der Waals surface area (Å²) in [6, 6.07) is 10.3. The van der Waals surface area contributed by atoms with Crippen molar-refractivity contribution in [2.45, 2.75) is 53.0 Å². The molecule has 0 fully saturated rings. The molecule has 0 N–H and O–H groups in total. The number of ether oxygens (including phenoxy) is 2. The Balaban J connectivity index is 2.32. The fraction of sp³-hybridized carbons (Fsp3) is 0.444. The third-order valence-electron chi connectivity index (χ3n) is 6.06. The molecular formula is C27H34BrN3O4. The molecule has 3 aromatic rings. The van der Waals surface area contributed by atoms with E-state index >= 15 is 0 Å². The monoisotopic (exact) mass is 543 g/mol. The minimum Gasteiger partial charge on any atom is -0.497 e. The number of nitrogens with zero attached hydrogens (tertiary/aromatic N) is 3. The maximum atomic E-state index is 13.9. The number of hydrogen-bond acceptors (Lipinski definition) is 5. The van der Waals surface area contributed by atoms with Gasteiger partial charge in [-0.1, -0.05) is 32.9 Å². The molecule has 1 atom stereocenters. The first-order chi connectivity index (χ1) is 16.7. The molecule has 0 saturated carbocycles.